The van der Waals surface area contributed by atoms with E-state index in [0.29, 0.717) is 54.9 Å². The van der Waals surface area contributed by atoms with E-state index < -0.39 is 0 Å². The number of hydrogen-bond acceptors (Lipinski definition) is 6. The number of ether oxygens (including phenoxy) is 1. The second-order valence-electron chi connectivity index (χ2n) is 7.02. The van der Waals surface area contributed by atoms with Gasteiger partial charge in [-0.1, -0.05) is 19.0 Å². The van der Waals surface area contributed by atoms with Crippen molar-refractivity contribution < 1.29 is 18.8 Å². The molecule has 3 heterocycles. The van der Waals surface area contributed by atoms with Crippen molar-refractivity contribution in [1.29, 1.82) is 0 Å². The predicted molar refractivity (Wildman–Crippen MR) is 95.9 cm³/mol. The fourth-order valence-electron chi connectivity index (χ4n) is 3.33. The summed E-state index contributed by atoms with van der Waals surface area (Å²) >= 11 is 0. The molecule has 2 aromatic rings. The molecule has 0 aromatic carbocycles. The number of carbonyl (C=O) groups is 2. The first-order valence-corrected chi connectivity index (χ1v) is 9.15. The molecule has 0 spiro atoms. The molecule has 0 atom stereocenters. The number of aromatic nitrogens is 2. The molecule has 0 N–H and O–H groups in total. The number of carbonyl (C=O) groups excluding carboxylic acids is 2. The zero-order chi connectivity index (χ0) is 18.8. The van der Waals surface area contributed by atoms with Gasteiger partial charge in [-0.05, 0) is 38.7 Å². The molecule has 1 aliphatic rings. The average molecular weight is 359 g/mol. The van der Waals surface area contributed by atoms with Crippen LogP contribution in [0.1, 0.15) is 61.3 Å². The smallest absolute Gasteiger partial charge is 0.309 e. The number of amides is 1. The van der Waals surface area contributed by atoms with Gasteiger partial charge in [0.1, 0.15) is 0 Å². The maximum Gasteiger partial charge on any atom is 0.309 e. The van der Waals surface area contributed by atoms with Crippen LogP contribution in [0.2, 0.25) is 0 Å². The Bertz CT molecular complexity index is 820. The number of hydrogen-bond donors (Lipinski definition) is 0. The molecule has 7 heteroatoms. The molecule has 3 rings (SSSR count). The lowest BCUT2D eigenvalue weighted by Crippen LogP contribution is -2.40. The minimum Gasteiger partial charge on any atom is -0.466 e. The molecule has 0 radical (unpaired) electrons. The third kappa shape index (κ3) is 3.43. The van der Waals surface area contributed by atoms with Gasteiger partial charge in [0.15, 0.2) is 0 Å². The van der Waals surface area contributed by atoms with Crippen LogP contribution in [0.3, 0.4) is 0 Å². The highest BCUT2D eigenvalue weighted by molar-refractivity contribution is 6.06. The molecule has 0 aliphatic carbocycles. The molecule has 7 nitrogen and oxygen atoms in total. The number of rotatable bonds is 4. The molecule has 140 valence electrons. The topological polar surface area (TPSA) is 85.5 Å². The van der Waals surface area contributed by atoms with Crippen LogP contribution >= 0.6 is 0 Å². The standard InChI is InChI=1S/C19H25N3O4/c1-5-25-19(24)13-6-8-22(9-7-13)18(23)14-10-15(11(2)3)20-17-16(14)12(4)21-26-17/h10-11,13H,5-9H2,1-4H3. The van der Waals surface area contributed by atoms with Crippen LogP contribution in [0.25, 0.3) is 11.1 Å². The average Bonchev–Trinajstić information content (AvgIpc) is 3.02. The van der Waals surface area contributed by atoms with Crippen molar-refractivity contribution in [3.05, 3.63) is 23.0 Å². The Morgan fingerprint density at radius 1 is 1.35 bits per heavy atom. The maximum absolute atomic E-state index is 13.2. The van der Waals surface area contributed by atoms with Crippen LogP contribution < -0.4 is 0 Å². The Morgan fingerprint density at radius 2 is 2.04 bits per heavy atom. The van der Waals surface area contributed by atoms with Gasteiger partial charge >= 0.3 is 5.97 Å². The third-order valence-corrected chi connectivity index (χ3v) is 4.86. The Kier molecular flexibility index (Phi) is 5.25. The van der Waals surface area contributed by atoms with Crippen molar-refractivity contribution in [3.8, 4) is 0 Å². The molecular weight excluding hydrogens is 334 g/mol. The second kappa shape index (κ2) is 7.43. The summed E-state index contributed by atoms with van der Waals surface area (Å²) in [5, 5.41) is 4.64. The normalized spacial score (nSPS) is 15.7. The zero-order valence-corrected chi connectivity index (χ0v) is 15.7. The van der Waals surface area contributed by atoms with Crippen LogP contribution in [-0.2, 0) is 9.53 Å². The summed E-state index contributed by atoms with van der Waals surface area (Å²) in [6, 6.07) is 1.84. The SMILES string of the molecule is CCOC(=O)C1CCN(C(=O)c2cc(C(C)C)nc3onc(C)c23)CC1. The molecule has 1 amide bonds. The lowest BCUT2D eigenvalue weighted by atomic mass is 9.96. The maximum atomic E-state index is 13.2. The molecule has 0 bridgehead atoms. The van der Waals surface area contributed by atoms with Crippen LogP contribution in [-0.4, -0.2) is 46.6 Å². The first kappa shape index (κ1) is 18.4. The van der Waals surface area contributed by atoms with Crippen LogP contribution in [0.4, 0.5) is 0 Å². The number of fused-ring (bicyclic) bond motifs is 1. The van der Waals surface area contributed by atoms with E-state index in [2.05, 4.69) is 10.1 Å². The number of esters is 1. The summed E-state index contributed by atoms with van der Waals surface area (Å²) < 4.78 is 10.4. The number of aryl methyl sites for hydroxylation is 1. The first-order valence-electron chi connectivity index (χ1n) is 9.15. The molecular formula is C19H25N3O4. The van der Waals surface area contributed by atoms with Crippen molar-refractivity contribution in [2.75, 3.05) is 19.7 Å². The molecule has 1 fully saturated rings. The summed E-state index contributed by atoms with van der Waals surface area (Å²) in [7, 11) is 0. The Labute approximate surface area is 152 Å². The highest BCUT2D eigenvalue weighted by Gasteiger charge is 2.30. The minimum absolute atomic E-state index is 0.0621. The molecule has 1 saturated heterocycles. The van der Waals surface area contributed by atoms with Gasteiger partial charge in [-0.2, -0.15) is 0 Å². The lowest BCUT2D eigenvalue weighted by molar-refractivity contribution is -0.149. The zero-order valence-electron chi connectivity index (χ0n) is 15.7. The predicted octanol–water partition coefficient (Wildman–Crippen LogP) is 3.07. The second-order valence-corrected chi connectivity index (χ2v) is 7.02. The number of piperidine rings is 1. The number of nitrogens with zero attached hydrogens (tertiary/aromatic N) is 3. The summed E-state index contributed by atoms with van der Waals surface area (Å²) in [4.78, 5) is 31.3. The molecule has 2 aromatic heterocycles. The fourth-order valence-corrected chi connectivity index (χ4v) is 3.33. The monoisotopic (exact) mass is 359 g/mol. The minimum atomic E-state index is -0.164. The van der Waals surface area contributed by atoms with E-state index in [1.54, 1.807) is 11.8 Å². The Hall–Kier alpha value is -2.44. The van der Waals surface area contributed by atoms with E-state index in [-0.39, 0.29) is 23.7 Å². The summed E-state index contributed by atoms with van der Waals surface area (Å²) in [5.74, 6) is -0.179. The van der Waals surface area contributed by atoms with Gasteiger partial charge in [0.05, 0.1) is 29.2 Å². The van der Waals surface area contributed by atoms with Crippen LogP contribution in [0.5, 0.6) is 0 Å². The Morgan fingerprint density at radius 3 is 2.65 bits per heavy atom. The van der Waals surface area contributed by atoms with Gasteiger partial charge in [-0.15, -0.1) is 0 Å². The van der Waals surface area contributed by atoms with E-state index in [9.17, 15) is 9.59 Å². The van der Waals surface area contributed by atoms with E-state index in [4.69, 9.17) is 9.26 Å². The molecule has 0 unspecified atom stereocenters. The van der Waals surface area contributed by atoms with Gasteiger partial charge in [0.25, 0.3) is 11.6 Å². The highest BCUT2D eigenvalue weighted by Crippen LogP contribution is 2.28. The highest BCUT2D eigenvalue weighted by atomic mass is 16.5. The van der Waals surface area contributed by atoms with E-state index in [1.165, 1.54) is 0 Å². The largest absolute Gasteiger partial charge is 0.466 e. The quantitative estimate of drug-likeness (QED) is 0.780. The third-order valence-electron chi connectivity index (χ3n) is 4.86. The van der Waals surface area contributed by atoms with Gasteiger partial charge in [0, 0.05) is 18.8 Å². The lowest BCUT2D eigenvalue weighted by Gasteiger charge is -2.31. The van der Waals surface area contributed by atoms with Crippen molar-refractivity contribution in [3.63, 3.8) is 0 Å². The number of pyridine rings is 1. The molecule has 1 aliphatic heterocycles. The van der Waals surface area contributed by atoms with Crippen molar-refractivity contribution >= 4 is 23.0 Å². The molecule has 26 heavy (non-hydrogen) atoms. The van der Waals surface area contributed by atoms with Crippen molar-refractivity contribution in [2.45, 2.75) is 46.5 Å². The summed E-state index contributed by atoms with van der Waals surface area (Å²) in [6.45, 7) is 9.12. The summed E-state index contributed by atoms with van der Waals surface area (Å²) in [5.41, 5.74) is 2.44. The van der Waals surface area contributed by atoms with Gasteiger partial charge in [-0.3, -0.25) is 9.59 Å². The Balaban J connectivity index is 1.84. The van der Waals surface area contributed by atoms with E-state index in [0.717, 1.165) is 5.69 Å². The fraction of sp³-hybridized carbons (Fsp3) is 0.579. The first-order chi connectivity index (χ1) is 12.4. The van der Waals surface area contributed by atoms with Gasteiger partial charge < -0.3 is 14.2 Å². The van der Waals surface area contributed by atoms with Crippen LogP contribution in [0, 0.1) is 12.8 Å². The van der Waals surface area contributed by atoms with Crippen LogP contribution in [0.15, 0.2) is 10.6 Å². The van der Waals surface area contributed by atoms with Crippen molar-refractivity contribution in [1.82, 2.24) is 15.0 Å². The van der Waals surface area contributed by atoms with E-state index >= 15 is 0 Å². The van der Waals surface area contributed by atoms with E-state index in [1.807, 2.05) is 26.8 Å². The van der Waals surface area contributed by atoms with Crippen molar-refractivity contribution in [2.24, 2.45) is 5.92 Å². The number of likely N-dealkylation sites (tertiary alicyclic amines) is 1. The molecule has 0 saturated carbocycles. The van der Waals surface area contributed by atoms with Gasteiger partial charge in [-0.25, -0.2) is 4.98 Å². The van der Waals surface area contributed by atoms with Gasteiger partial charge in [0.2, 0.25) is 0 Å². The summed E-state index contributed by atoms with van der Waals surface area (Å²) in [6.07, 6.45) is 1.25.